The highest BCUT2D eigenvalue weighted by molar-refractivity contribution is 7.13. The van der Waals surface area contributed by atoms with Gasteiger partial charge in [0.05, 0.1) is 38.5 Å². The summed E-state index contributed by atoms with van der Waals surface area (Å²) in [5.74, 6) is 0.808. The first-order chi connectivity index (χ1) is 15.2. The third kappa shape index (κ3) is 5.70. The molecule has 0 bridgehead atoms. The highest BCUT2D eigenvalue weighted by Crippen LogP contribution is 2.25. The number of hydrogen-bond acceptors (Lipinski definition) is 6. The molecule has 1 N–H and O–H groups in total. The summed E-state index contributed by atoms with van der Waals surface area (Å²) in [6, 6.07) is 18.2. The van der Waals surface area contributed by atoms with Gasteiger partial charge in [-0.15, -0.1) is 11.3 Å². The zero-order valence-electron chi connectivity index (χ0n) is 17.6. The summed E-state index contributed by atoms with van der Waals surface area (Å²) >= 11 is 1.57. The number of morpholine rings is 1. The first-order valence-corrected chi connectivity index (χ1v) is 11.3. The van der Waals surface area contributed by atoms with Crippen molar-refractivity contribution in [3.63, 3.8) is 0 Å². The number of aromatic nitrogens is 1. The van der Waals surface area contributed by atoms with Crippen LogP contribution in [0.5, 0.6) is 5.75 Å². The van der Waals surface area contributed by atoms with Crippen LogP contribution in [-0.4, -0.2) is 55.7 Å². The van der Waals surface area contributed by atoms with Crippen molar-refractivity contribution in [2.75, 3.05) is 40.0 Å². The molecular formula is C24H27N3O3S. The predicted octanol–water partition coefficient (Wildman–Crippen LogP) is 3.55. The SMILES string of the molecule is COc1ccc(C(CNC(=O)Cc2csc(-c3ccccc3)n2)N2CCOCC2)cc1. The lowest BCUT2D eigenvalue weighted by atomic mass is 10.0. The number of nitrogens with one attached hydrogen (secondary N) is 1. The Balaban J connectivity index is 1.39. The lowest BCUT2D eigenvalue weighted by Gasteiger charge is -2.35. The summed E-state index contributed by atoms with van der Waals surface area (Å²) in [5.41, 5.74) is 3.03. The molecule has 0 spiro atoms. The van der Waals surface area contributed by atoms with Gasteiger partial charge >= 0.3 is 0 Å². The number of ether oxygens (including phenoxy) is 2. The number of carbonyl (C=O) groups excluding carboxylic acids is 1. The van der Waals surface area contributed by atoms with E-state index in [1.54, 1.807) is 18.4 Å². The van der Waals surface area contributed by atoms with Crippen LogP contribution in [0.2, 0.25) is 0 Å². The van der Waals surface area contributed by atoms with Crippen LogP contribution in [0.1, 0.15) is 17.3 Å². The lowest BCUT2D eigenvalue weighted by Crippen LogP contribution is -2.44. The van der Waals surface area contributed by atoms with Crippen LogP contribution in [0.15, 0.2) is 60.0 Å². The Hall–Kier alpha value is -2.74. The van der Waals surface area contributed by atoms with Crippen molar-refractivity contribution in [3.05, 3.63) is 71.2 Å². The fourth-order valence-electron chi connectivity index (χ4n) is 3.71. The molecule has 31 heavy (non-hydrogen) atoms. The van der Waals surface area contributed by atoms with Crippen LogP contribution >= 0.6 is 11.3 Å². The molecule has 4 rings (SSSR count). The molecule has 1 saturated heterocycles. The summed E-state index contributed by atoms with van der Waals surface area (Å²) < 4.78 is 10.8. The highest BCUT2D eigenvalue weighted by Gasteiger charge is 2.23. The molecule has 1 fully saturated rings. The minimum Gasteiger partial charge on any atom is -0.497 e. The number of methoxy groups -OCH3 is 1. The second-order valence-corrected chi connectivity index (χ2v) is 8.29. The van der Waals surface area contributed by atoms with E-state index in [9.17, 15) is 4.79 Å². The molecule has 1 aliphatic rings. The monoisotopic (exact) mass is 437 g/mol. The van der Waals surface area contributed by atoms with Crippen molar-refractivity contribution >= 4 is 17.2 Å². The Kier molecular flexibility index (Phi) is 7.30. The molecule has 3 aromatic rings. The number of carbonyl (C=O) groups is 1. The largest absolute Gasteiger partial charge is 0.497 e. The topological polar surface area (TPSA) is 63.7 Å². The normalized spacial score (nSPS) is 15.4. The van der Waals surface area contributed by atoms with Crippen molar-refractivity contribution in [3.8, 4) is 16.3 Å². The first-order valence-electron chi connectivity index (χ1n) is 10.4. The van der Waals surface area contributed by atoms with Gasteiger partial charge in [0, 0.05) is 30.6 Å². The fraction of sp³-hybridized carbons (Fsp3) is 0.333. The molecule has 162 valence electrons. The van der Waals surface area contributed by atoms with E-state index in [0.717, 1.165) is 40.7 Å². The maximum absolute atomic E-state index is 12.7. The van der Waals surface area contributed by atoms with Crippen LogP contribution < -0.4 is 10.1 Å². The summed E-state index contributed by atoms with van der Waals surface area (Å²) in [6.45, 7) is 3.66. The fourth-order valence-corrected chi connectivity index (χ4v) is 4.54. The lowest BCUT2D eigenvalue weighted by molar-refractivity contribution is -0.120. The highest BCUT2D eigenvalue weighted by atomic mass is 32.1. The average Bonchev–Trinajstić information content (AvgIpc) is 3.29. The summed E-state index contributed by atoms with van der Waals surface area (Å²) in [6.07, 6.45) is 0.280. The van der Waals surface area contributed by atoms with Gasteiger partial charge < -0.3 is 14.8 Å². The number of amides is 1. The zero-order valence-corrected chi connectivity index (χ0v) is 18.4. The van der Waals surface area contributed by atoms with Gasteiger partial charge in [-0.3, -0.25) is 9.69 Å². The minimum absolute atomic E-state index is 0.0170. The standard InChI is InChI=1S/C24H27N3O3S/c1-29-21-9-7-18(8-10-21)22(27-11-13-30-14-12-27)16-25-23(28)15-20-17-31-24(26-20)19-5-3-2-4-6-19/h2-10,17,22H,11-16H2,1H3,(H,25,28). The smallest absolute Gasteiger partial charge is 0.226 e. The van der Waals surface area contributed by atoms with Gasteiger partial charge in [0.1, 0.15) is 10.8 Å². The molecule has 0 saturated carbocycles. The van der Waals surface area contributed by atoms with E-state index in [4.69, 9.17) is 9.47 Å². The van der Waals surface area contributed by atoms with Crippen molar-refractivity contribution in [2.24, 2.45) is 0 Å². The molecule has 1 aromatic heterocycles. The van der Waals surface area contributed by atoms with Gasteiger partial charge in [-0.05, 0) is 17.7 Å². The van der Waals surface area contributed by atoms with Gasteiger partial charge in [-0.2, -0.15) is 0 Å². The Labute approximate surface area is 186 Å². The van der Waals surface area contributed by atoms with E-state index < -0.39 is 0 Å². The molecule has 1 atom stereocenters. The van der Waals surface area contributed by atoms with Crippen molar-refractivity contribution in [1.82, 2.24) is 15.2 Å². The van der Waals surface area contributed by atoms with Crippen LogP contribution in [-0.2, 0) is 16.0 Å². The summed E-state index contributed by atoms with van der Waals surface area (Å²) in [4.78, 5) is 19.7. The number of rotatable bonds is 8. The molecule has 0 radical (unpaired) electrons. The second kappa shape index (κ2) is 10.5. The molecule has 6 nitrogen and oxygen atoms in total. The summed E-state index contributed by atoms with van der Waals surface area (Å²) in [7, 11) is 1.66. The number of hydrogen-bond donors (Lipinski definition) is 1. The molecule has 1 unspecified atom stereocenters. The number of benzene rings is 2. The van der Waals surface area contributed by atoms with Crippen LogP contribution in [0.3, 0.4) is 0 Å². The van der Waals surface area contributed by atoms with E-state index in [0.29, 0.717) is 19.8 Å². The molecule has 1 amide bonds. The van der Waals surface area contributed by atoms with Gasteiger partial charge in [-0.1, -0.05) is 42.5 Å². The van der Waals surface area contributed by atoms with E-state index in [2.05, 4.69) is 27.3 Å². The van der Waals surface area contributed by atoms with Crippen LogP contribution in [0.25, 0.3) is 10.6 Å². The molecule has 7 heteroatoms. The molecular weight excluding hydrogens is 410 g/mol. The first kappa shape index (κ1) is 21.5. The second-order valence-electron chi connectivity index (χ2n) is 7.43. The maximum atomic E-state index is 12.7. The van der Waals surface area contributed by atoms with Gasteiger partial charge in [0.2, 0.25) is 5.91 Å². The Morgan fingerprint density at radius 3 is 2.61 bits per heavy atom. The van der Waals surface area contributed by atoms with E-state index >= 15 is 0 Å². The number of nitrogens with zero attached hydrogens (tertiary/aromatic N) is 2. The van der Waals surface area contributed by atoms with Crippen LogP contribution in [0.4, 0.5) is 0 Å². The number of thiazole rings is 1. The van der Waals surface area contributed by atoms with Crippen molar-refractivity contribution < 1.29 is 14.3 Å². The van der Waals surface area contributed by atoms with Gasteiger partial charge in [-0.25, -0.2) is 4.98 Å². The van der Waals surface area contributed by atoms with Crippen molar-refractivity contribution in [1.29, 1.82) is 0 Å². The van der Waals surface area contributed by atoms with Crippen LogP contribution in [0, 0.1) is 0 Å². The van der Waals surface area contributed by atoms with E-state index in [-0.39, 0.29) is 18.4 Å². The van der Waals surface area contributed by atoms with Crippen molar-refractivity contribution in [2.45, 2.75) is 12.5 Å². The third-order valence-electron chi connectivity index (χ3n) is 5.39. The quantitative estimate of drug-likeness (QED) is 0.584. The molecule has 2 aromatic carbocycles. The molecule has 2 heterocycles. The zero-order chi connectivity index (χ0) is 21.5. The molecule has 1 aliphatic heterocycles. The average molecular weight is 438 g/mol. The predicted molar refractivity (Wildman–Crippen MR) is 122 cm³/mol. The Morgan fingerprint density at radius 2 is 1.90 bits per heavy atom. The minimum atomic E-state index is -0.0170. The van der Waals surface area contributed by atoms with E-state index in [1.807, 2.05) is 47.8 Å². The maximum Gasteiger partial charge on any atom is 0.226 e. The Bertz CT molecular complexity index is 969. The molecule has 0 aliphatic carbocycles. The van der Waals surface area contributed by atoms with Gasteiger partial charge in [0.25, 0.3) is 0 Å². The summed E-state index contributed by atoms with van der Waals surface area (Å²) in [5, 5.41) is 6.02. The third-order valence-corrected chi connectivity index (χ3v) is 6.33. The van der Waals surface area contributed by atoms with Gasteiger partial charge in [0.15, 0.2) is 0 Å². The van der Waals surface area contributed by atoms with E-state index in [1.165, 1.54) is 0 Å². The Morgan fingerprint density at radius 1 is 1.16 bits per heavy atom.